The van der Waals surface area contributed by atoms with Crippen molar-refractivity contribution in [1.29, 1.82) is 0 Å². The van der Waals surface area contributed by atoms with Crippen molar-refractivity contribution in [3.05, 3.63) is 33.9 Å². The lowest BCUT2D eigenvalue weighted by Crippen LogP contribution is -2.59. The van der Waals surface area contributed by atoms with E-state index in [0.29, 0.717) is 12.1 Å². The van der Waals surface area contributed by atoms with E-state index in [-0.39, 0.29) is 23.4 Å². The molecule has 21 heavy (non-hydrogen) atoms. The highest BCUT2D eigenvalue weighted by Gasteiger charge is 2.29. The van der Waals surface area contributed by atoms with Crippen LogP contribution < -0.4 is 10.1 Å². The Hall–Kier alpha value is -2.15. The Morgan fingerprint density at radius 3 is 2.71 bits per heavy atom. The first-order valence-corrected chi connectivity index (χ1v) is 6.92. The molecule has 114 valence electrons. The molecule has 1 N–H and O–H groups in total. The van der Waals surface area contributed by atoms with E-state index >= 15 is 0 Å². The summed E-state index contributed by atoms with van der Waals surface area (Å²) in [5, 5.41) is 14.0. The minimum absolute atomic E-state index is 0.106. The summed E-state index contributed by atoms with van der Waals surface area (Å²) in [6.07, 6.45) is 0.867. The van der Waals surface area contributed by atoms with E-state index in [9.17, 15) is 14.9 Å². The zero-order chi connectivity index (χ0) is 15.4. The fraction of sp³-hybridized carbons (Fsp3) is 0.500. The molecule has 0 atom stereocenters. The van der Waals surface area contributed by atoms with Crippen LogP contribution in [0.4, 0.5) is 5.69 Å². The van der Waals surface area contributed by atoms with Crippen molar-refractivity contribution in [1.82, 2.24) is 10.2 Å². The van der Waals surface area contributed by atoms with Gasteiger partial charge in [0.25, 0.3) is 5.91 Å². The maximum atomic E-state index is 12.6. The lowest BCUT2D eigenvalue weighted by molar-refractivity contribution is -0.385. The summed E-state index contributed by atoms with van der Waals surface area (Å²) in [5.41, 5.74) is 0.277. The second kappa shape index (κ2) is 6.53. The van der Waals surface area contributed by atoms with Crippen molar-refractivity contribution in [3.63, 3.8) is 0 Å². The largest absolute Gasteiger partial charge is 0.490 e. The number of amides is 1. The fourth-order valence-corrected chi connectivity index (χ4v) is 2.31. The van der Waals surface area contributed by atoms with Gasteiger partial charge in [0.1, 0.15) is 0 Å². The molecule has 0 spiro atoms. The molecule has 1 amide bonds. The van der Waals surface area contributed by atoms with Gasteiger partial charge in [0.2, 0.25) is 0 Å². The number of nitro benzene ring substituents is 1. The number of nitrogens with zero attached hydrogens (tertiary/aromatic N) is 2. The Kier molecular flexibility index (Phi) is 4.74. The van der Waals surface area contributed by atoms with Crippen LogP contribution in [0.25, 0.3) is 0 Å². The van der Waals surface area contributed by atoms with Crippen LogP contribution in [0, 0.1) is 10.1 Å². The van der Waals surface area contributed by atoms with Crippen molar-refractivity contribution in [3.8, 4) is 5.75 Å². The first-order chi connectivity index (χ1) is 10.1. The summed E-state index contributed by atoms with van der Waals surface area (Å²) in [6.45, 7) is 4.26. The molecule has 0 aliphatic carbocycles. The average molecular weight is 293 g/mol. The number of benzene rings is 1. The molecule has 7 heteroatoms. The smallest absolute Gasteiger partial charge is 0.310 e. The molecule has 2 rings (SSSR count). The number of rotatable bonds is 6. The third-order valence-corrected chi connectivity index (χ3v) is 3.55. The number of methoxy groups -OCH3 is 1. The van der Waals surface area contributed by atoms with E-state index in [1.54, 1.807) is 0 Å². The number of carbonyl (C=O) groups is 1. The zero-order valence-electron chi connectivity index (χ0n) is 12.2. The molecular weight excluding hydrogens is 274 g/mol. The Balaban J connectivity index is 2.26. The standard InChI is InChI=1S/C14H19N3O4/c1-3-6-16(11-8-15-9-11)14(18)10-4-5-12(17(19)20)13(7-10)21-2/h4-5,7,11,15H,3,6,8-9H2,1-2H3. The van der Waals surface area contributed by atoms with Gasteiger partial charge in [-0.3, -0.25) is 14.9 Å². The molecule has 0 radical (unpaired) electrons. The molecule has 1 fully saturated rings. The SMILES string of the molecule is CCCN(C(=O)c1ccc([N+](=O)[O-])c(OC)c1)C1CNC1. The number of carbonyl (C=O) groups excluding carboxylic acids is 1. The van der Waals surface area contributed by atoms with Gasteiger partial charge >= 0.3 is 5.69 Å². The maximum absolute atomic E-state index is 12.6. The van der Waals surface area contributed by atoms with Crippen molar-refractivity contribution < 1.29 is 14.5 Å². The third-order valence-electron chi connectivity index (χ3n) is 3.55. The number of nitro groups is 1. The van der Waals surface area contributed by atoms with Gasteiger partial charge in [-0.05, 0) is 12.5 Å². The van der Waals surface area contributed by atoms with Crippen LogP contribution in [0.2, 0.25) is 0 Å². The first kappa shape index (κ1) is 15.2. The first-order valence-electron chi connectivity index (χ1n) is 6.92. The molecule has 1 aliphatic heterocycles. The Morgan fingerprint density at radius 1 is 1.52 bits per heavy atom. The van der Waals surface area contributed by atoms with E-state index < -0.39 is 4.92 Å². The summed E-state index contributed by atoms with van der Waals surface area (Å²) >= 11 is 0. The Morgan fingerprint density at radius 2 is 2.24 bits per heavy atom. The number of nitrogens with one attached hydrogen (secondary N) is 1. The van der Waals surface area contributed by atoms with E-state index in [2.05, 4.69) is 5.32 Å². The normalized spacial score (nSPS) is 14.4. The van der Waals surface area contributed by atoms with Crippen molar-refractivity contribution in [2.75, 3.05) is 26.7 Å². The summed E-state index contributed by atoms with van der Waals surface area (Å²) in [4.78, 5) is 24.8. The van der Waals surface area contributed by atoms with Crippen molar-refractivity contribution in [2.45, 2.75) is 19.4 Å². The summed E-state index contributed by atoms with van der Waals surface area (Å²) in [7, 11) is 1.36. The number of hydrogen-bond donors (Lipinski definition) is 1. The fourth-order valence-electron chi connectivity index (χ4n) is 2.31. The van der Waals surface area contributed by atoms with E-state index in [4.69, 9.17) is 4.74 Å². The van der Waals surface area contributed by atoms with Gasteiger partial charge in [0, 0.05) is 37.3 Å². The molecule has 1 heterocycles. The minimum atomic E-state index is -0.521. The van der Waals surface area contributed by atoms with E-state index in [0.717, 1.165) is 19.5 Å². The second-order valence-electron chi connectivity index (χ2n) is 4.95. The second-order valence-corrected chi connectivity index (χ2v) is 4.95. The van der Waals surface area contributed by atoms with Crippen LogP contribution >= 0.6 is 0 Å². The van der Waals surface area contributed by atoms with Gasteiger partial charge in [0.15, 0.2) is 5.75 Å². The molecular formula is C14H19N3O4. The molecule has 0 unspecified atom stereocenters. The highest BCUT2D eigenvalue weighted by atomic mass is 16.6. The predicted molar refractivity (Wildman–Crippen MR) is 77.6 cm³/mol. The summed E-state index contributed by atoms with van der Waals surface area (Å²) < 4.78 is 5.01. The van der Waals surface area contributed by atoms with Crippen LogP contribution in [-0.2, 0) is 0 Å². The van der Waals surface area contributed by atoms with Crippen LogP contribution in [0.5, 0.6) is 5.75 Å². The van der Waals surface area contributed by atoms with E-state index in [1.165, 1.54) is 25.3 Å². The molecule has 0 aromatic heterocycles. The number of ether oxygens (including phenoxy) is 1. The van der Waals surface area contributed by atoms with Crippen molar-refractivity contribution >= 4 is 11.6 Å². The molecule has 1 aromatic rings. The highest BCUT2D eigenvalue weighted by molar-refractivity contribution is 5.95. The Labute approximate surface area is 123 Å². The molecule has 1 aliphatic rings. The van der Waals surface area contributed by atoms with Crippen LogP contribution in [0.1, 0.15) is 23.7 Å². The highest BCUT2D eigenvalue weighted by Crippen LogP contribution is 2.28. The molecule has 7 nitrogen and oxygen atoms in total. The van der Waals surface area contributed by atoms with Crippen LogP contribution in [-0.4, -0.2) is 48.5 Å². The zero-order valence-corrected chi connectivity index (χ0v) is 12.2. The monoisotopic (exact) mass is 293 g/mol. The molecule has 1 aromatic carbocycles. The quantitative estimate of drug-likeness (QED) is 0.633. The number of hydrogen-bond acceptors (Lipinski definition) is 5. The maximum Gasteiger partial charge on any atom is 0.310 e. The van der Waals surface area contributed by atoms with Crippen molar-refractivity contribution in [2.24, 2.45) is 0 Å². The van der Waals surface area contributed by atoms with Gasteiger partial charge in [-0.15, -0.1) is 0 Å². The lowest BCUT2D eigenvalue weighted by atomic mass is 10.1. The van der Waals surface area contributed by atoms with Gasteiger partial charge in [-0.1, -0.05) is 6.92 Å². The topological polar surface area (TPSA) is 84.7 Å². The summed E-state index contributed by atoms with van der Waals surface area (Å²) in [5.74, 6) is -0.00872. The van der Waals surface area contributed by atoms with Crippen LogP contribution in [0.15, 0.2) is 18.2 Å². The van der Waals surface area contributed by atoms with E-state index in [1.807, 2.05) is 11.8 Å². The van der Waals surface area contributed by atoms with Gasteiger partial charge < -0.3 is 15.0 Å². The van der Waals surface area contributed by atoms with Gasteiger partial charge in [-0.2, -0.15) is 0 Å². The predicted octanol–water partition coefficient (Wildman–Crippen LogP) is 1.43. The third kappa shape index (κ3) is 3.13. The van der Waals surface area contributed by atoms with Crippen LogP contribution in [0.3, 0.4) is 0 Å². The molecule has 1 saturated heterocycles. The van der Waals surface area contributed by atoms with Gasteiger partial charge in [0.05, 0.1) is 18.1 Å². The molecule has 0 saturated carbocycles. The lowest BCUT2D eigenvalue weighted by Gasteiger charge is -2.38. The van der Waals surface area contributed by atoms with Gasteiger partial charge in [-0.25, -0.2) is 0 Å². The Bertz CT molecular complexity index is 543. The average Bonchev–Trinajstić information content (AvgIpc) is 2.43. The minimum Gasteiger partial charge on any atom is -0.490 e. The summed E-state index contributed by atoms with van der Waals surface area (Å²) in [6, 6.07) is 4.43. The molecule has 0 bridgehead atoms.